The summed E-state index contributed by atoms with van der Waals surface area (Å²) in [4.78, 5) is 13.1. The summed E-state index contributed by atoms with van der Waals surface area (Å²) in [5.41, 5.74) is 1.01. The van der Waals surface area contributed by atoms with Crippen LogP contribution in [0.3, 0.4) is 0 Å². The highest BCUT2D eigenvalue weighted by atomic mass is 32.2. The van der Waals surface area contributed by atoms with Crippen LogP contribution in [0, 0.1) is 12.8 Å². The Morgan fingerprint density at radius 1 is 1.23 bits per heavy atom. The number of benzene rings is 1. The Morgan fingerprint density at radius 2 is 1.81 bits per heavy atom. The molecule has 0 atom stereocenters. The summed E-state index contributed by atoms with van der Waals surface area (Å²) >= 11 is 0. The fraction of sp³-hybridized carbons (Fsp3) is 0.650. The molecule has 5 nitrogen and oxygen atoms in total. The maximum Gasteiger partial charge on any atom is 0.252 e. The zero-order chi connectivity index (χ0) is 19.5. The normalized spacial score (nSPS) is 23.8. The molecule has 1 aromatic rings. The van der Waals surface area contributed by atoms with E-state index in [1.54, 1.807) is 12.1 Å². The van der Waals surface area contributed by atoms with Crippen molar-refractivity contribution >= 4 is 15.9 Å². The SMILES string of the molecule is CCN(CC)S(=O)(=O)c1ccc(C)c(C(=O)NC2(C)CCC(C)CC2)c1. The lowest BCUT2D eigenvalue weighted by Gasteiger charge is -2.37. The van der Waals surface area contributed by atoms with E-state index < -0.39 is 10.0 Å². The molecule has 26 heavy (non-hydrogen) atoms. The third-order valence-corrected chi connectivity index (χ3v) is 7.64. The molecule has 0 spiro atoms. The fourth-order valence-corrected chi connectivity index (χ4v) is 5.07. The van der Waals surface area contributed by atoms with Gasteiger partial charge in [-0.15, -0.1) is 0 Å². The first-order chi connectivity index (χ1) is 12.1. The Labute approximate surface area is 158 Å². The van der Waals surface area contributed by atoms with E-state index in [-0.39, 0.29) is 16.3 Å². The Bertz CT molecular complexity index is 746. The zero-order valence-electron chi connectivity index (χ0n) is 16.6. The molecule has 1 aromatic carbocycles. The number of nitrogens with one attached hydrogen (secondary N) is 1. The second kappa shape index (κ2) is 8.09. The largest absolute Gasteiger partial charge is 0.347 e. The number of carbonyl (C=O) groups excluding carboxylic acids is 1. The van der Waals surface area contributed by atoms with Gasteiger partial charge in [0.1, 0.15) is 0 Å². The molecule has 1 saturated carbocycles. The van der Waals surface area contributed by atoms with Gasteiger partial charge in [0.15, 0.2) is 0 Å². The number of hydrogen-bond acceptors (Lipinski definition) is 3. The first-order valence-electron chi connectivity index (χ1n) is 9.56. The Kier molecular flexibility index (Phi) is 6.51. The first kappa shape index (κ1) is 20.9. The number of sulfonamides is 1. The molecular formula is C20H32N2O3S. The number of rotatable bonds is 6. The highest BCUT2D eigenvalue weighted by Gasteiger charge is 2.32. The van der Waals surface area contributed by atoms with E-state index in [0.717, 1.165) is 31.2 Å². The van der Waals surface area contributed by atoms with Crippen molar-refractivity contribution in [3.8, 4) is 0 Å². The Balaban J connectivity index is 2.28. The summed E-state index contributed by atoms with van der Waals surface area (Å²) in [5.74, 6) is 0.514. The zero-order valence-corrected chi connectivity index (χ0v) is 17.4. The standard InChI is InChI=1S/C20H32N2O3S/c1-6-22(7-2)26(24,25)17-9-8-16(4)18(14-17)19(23)21-20(5)12-10-15(3)11-13-20/h8-9,14-15H,6-7,10-13H2,1-5H3,(H,21,23). The summed E-state index contributed by atoms with van der Waals surface area (Å²) in [6, 6.07) is 4.83. The predicted octanol–water partition coefficient (Wildman–Crippen LogP) is 3.72. The van der Waals surface area contributed by atoms with Crippen LogP contribution in [0.1, 0.15) is 69.3 Å². The van der Waals surface area contributed by atoms with Crippen LogP contribution in [0.5, 0.6) is 0 Å². The number of carbonyl (C=O) groups is 1. The van der Waals surface area contributed by atoms with Gasteiger partial charge in [-0.25, -0.2) is 8.42 Å². The lowest BCUT2D eigenvalue weighted by atomic mass is 9.78. The maximum atomic E-state index is 12.9. The van der Waals surface area contributed by atoms with Crippen LogP contribution >= 0.6 is 0 Å². The summed E-state index contributed by atoms with van der Waals surface area (Å²) in [6.45, 7) is 10.6. The molecule has 6 heteroatoms. The van der Waals surface area contributed by atoms with Gasteiger partial charge in [0, 0.05) is 24.2 Å². The molecule has 0 bridgehead atoms. The summed E-state index contributed by atoms with van der Waals surface area (Å²) < 4.78 is 26.9. The van der Waals surface area contributed by atoms with Crippen LogP contribution in [0.4, 0.5) is 0 Å². The topological polar surface area (TPSA) is 66.5 Å². The van der Waals surface area contributed by atoms with Crippen LogP contribution < -0.4 is 5.32 Å². The molecule has 0 radical (unpaired) electrons. The lowest BCUT2D eigenvalue weighted by molar-refractivity contribution is 0.0869. The van der Waals surface area contributed by atoms with Crippen molar-refractivity contribution in [1.29, 1.82) is 0 Å². The maximum absolute atomic E-state index is 12.9. The predicted molar refractivity (Wildman–Crippen MR) is 105 cm³/mol. The Morgan fingerprint density at radius 3 is 2.35 bits per heavy atom. The molecule has 0 saturated heterocycles. The molecule has 2 rings (SSSR count). The average molecular weight is 381 g/mol. The molecule has 146 valence electrons. The minimum Gasteiger partial charge on any atom is -0.347 e. The molecular weight excluding hydrogens is 348 g/mol. The van der Waals surface area contributed by atoms with Crippen molar-refractivity contribution in [2.75, 3.05) is 13.1 Å². The fourth-order valence-electron chi connectivity index (χ4n) is 3.58. The van der Waals surface area contributed by atoms with Gasteiger partial charge in [-0.3, -0.25) is 4.79 Å². The van der Waals surface area contributed by atoms with Gasteiger partial charge >= 0.3 is 0 Å². The van der Waals surface area contributed by atoms with Crippen molar-refractivity contribution < 1.29 is 13.2 Å². The molecule has 1 N–H and O–H groups in total. The van der Waals surface area contributed by atoms with E-state index in [4.69, 9.17) is 0 Å². The smallest absolute Gasteiger partial charge is 0.252 e. The molecule has 1 amide bonds. The van der Waals surface area contributed by atoms with Crippen molar-refractivity contribution in [3.63, 3.8) is 0 Å². The number of aryl methyl sites for hydroxylation is 1. The highest BCUT2D eigenvalue weighted by molar-refractivity contribution is 7.89. The summed E-state index contributed by atoms with van der Waals surface area (Å²) in [5, 5.41) is 3.16. The number of nitrogens with zero attached hydrogens (tertiary/aromatic N) is 1. The molecule has 1 aliphatic carbocycles. The van der Waals surface area contributed by atoms with Crippen LogP contribution in [-0.2, 0) is 10.0 Å². The van der Waals surface area contributed by atoms with Gasteiger partial charge in [0.2, 0.25) is 10.0 Å². The van der Waals surface area contributed by atoms with Crippen molar-refractivity contribution in [3.05, 3.63) is 29.3 Å². The minimum atomic E-state index is -3.58. The van der Waals surface area contributed by atoms with Gasteiger partial charge in [0.05, 0.1) is 4.90 Å². The molecule has 0 unspecified atom stereocenters. The molecule has 0 aromatic heterocycles. The van der Waals surface area contributed by atoms with Gasteiger partial charge in [-0.2, -0.15) is 4.31 Å². The quantitative estimate of drug-likeness (QED) is 0.818. The molecule has 0 aliphatic heterocycles. The molecule has 0 heterocycles. The van der Waals surface area contributed by atoms with Crippen LogP contribution in [-0.4, -0.2) is 37.3 Å². The van der Waals surface area contributed by atoms with Crippen molar-refractivity contribution in [2.45, 2.75) is 70.7 Å². The van der Waals surface area contributed by atoms with Gasteiger partial charge in [-0.1, -0.05) is 26.8 Å². The van der Waals surface area contributed by atoms with Gasteiger partial charge in [-0.05, 0) is 63.1 Å². The average Bonchev–Trinajstić information content (AvgIpc) is 2.58. The van der Waals surface area contributed by atoms with Crippen LogP contribution in [0.2, 0.25) is 0 Å². The van der Waals surface area contributed by atoms with E-state index in [0.29, 0.717) is 24.6 Å². The number of hydrogen-bond donors (Lipinski definition) is 1. The van der Waals surface area contributed by atoms with E-state index >= 15 is 0 Å². The minimum absolute atomic E-state index is 0.180. The monoisotopic (exact) mass is 380 g/mol. The van der Waals surface area contributed by atoms with Gasteiger partial charge < -0.3 is 5.32 Å². The summed E-state index contributed by atoms with van der Waals surface area (Å²) in [6.07, 6.45) is 4.12. The van der Waals surface area contributed by atoms with Crippen LogP contribution in [0.15, 0.2) is 23.1 Å². The number of amides is 1. The second-order valence-electron chi connectivity index (χ2n) is 7.76. The molecule has 1 aliphatic rings. The van der Waals surface area contributed by atoms with Crippen molar-refractivity contribution in [1.82, 2.24) is 9.62 Å². The summed E-state index contributed by atoms with van der Waals surface area (Å²) in [7, 11) is -3.58. The Hall–Kier alpha value is -1.40. The third kappa shape index (κ3) is 4.46. The van der Waals surface area contributed by atoms with Crippen molar-refractivity contribution in [2.24, 2.45) is 5.92 Å². The molecule has 1 fully saturated rings. The van der Waals surface area contributed by atoms with E-state index in [1.165, 1.54) is 10.4 Å². The van der Waals surface area contributed by atoms with Gasteiger partial charge in [0.25, 0.3) is 5.91 Å². The van der Waals surface area contributed by atoms with E-state index in [2.05, 4.69) is 19.2 Å². The highest BCUT2D eigenvalue weighted by Crippen LogP contribution is 2.32. The van der Waals surface area contributed by atoms with E-state index in [9.17, 15) is 13.2 Å². The van der Waals surface area contributed by atoms with Crippen LogP contribution in [0.25, 0.3) is 0 Å². The third-order valence-electron chi connectivity index (χ3n) is 5.59. The lowest BCUT2D eigenvalue weighted by Crippen LogP contribution is -2.48. The second-order valence-corrected chi connectivity index (χ2v) is 9.70. The van der Waals surface area contributed by atoms with E-state index in [1.807, 2.05) is 20.8 Å². The first-order valence-corrected chi connectivity index (χ1v) is 11.0.